The number of aromatic nitrogens is 14. The van der Waals surface area contributed by atoms with Crippen molar-refractivity contribution in [1.29, 1.82) is 0 Å². The number of amidine groups is 1. The number of fused-ring (bicyclic) bond motifs is 4. The maximum absolute atomic E-state index is 11.6. The third-order valence-electron chi connectivity index (χ3n) is 13.6. The number of aryl methyl sites for hydroxylation is 5. The number of hydrogen-bond donors (Lipinski definition) is 5. The second-order valence-corrected chi connectivity index (χ2v) is 21.2. The third kappa shape index (κ3) is 13.0. The predicted molar refractivity (Wildman–Crippen MR) is 327 cm³/mol. The van der Waals surface area contributed by atoms with Gasteiger partial charge >= 0.3 is 16.9 Å². The van der Waals surface area contributed by atoms with E-state index in [1.165, 1.54) is 42.7 Å². The van der Waals surface area contributed by atoms with Crippen LogP contribution in [-0.4, -0.2) is 124 Å². The van der Waals surface area contributed by atoms with Gasteiger partial charge in [-0.1, -0.05) is 62.9 Å². The van der Waals surface area contributed by atoms with Crippen molar-refractivity contribution in [2.45, 2.75) is 73.5 Å². The van der Waals surface area contributed by atoms with Crippen LogP contribution in [0.3, 0.4) is 0 Å². The highest BCUT2D eigenvalue weighted by molar-refractivity contribution is 6.66. The van der Waals surface area contributed by atoms with Gasteiger partial charge in [-0.2, -0.15) is 9.97 Å². The number of oxime groups is 1. The number of aromatic amines is 3. The minimum absolute atomic E-state index is 0. The molecule has 7 aromatic heterocycles. The average molecular weight is 1270 g/mol. The van der Waals surface area contributed by atoms with Crippen molar-refractivity contribution >= 4 is 84.8 Å². The number of halogens is 3. The molecule has 29 nitrogen and oxygen atoms in total. The molecule has 0 saturated carbocycles. The Balaban J connectivity index is 0.000000167. The highest BCUT2D eigenvalue weighted by atomic mass is 35.6. The summed E-state index contributed by atoms with van der Waals surface area (Å²) in [4.78, 5) is 76.8. The Labute approximate surface area is 513 Å². The highest BCUT2D eigenvalue weighted by Gasteiger charge is 2.32. The van der Waals surface area contributed by atoms with Crippen molar-refractivity contribution in [2.75, 3.05) is 42.7 Å². The molecule has 11 rings (SSSR count). The van der Waals surface area contributed by atoms with E-state index < -0.39 is 20.7 Å². The minimum atomic E-state index is -1.81. The van der Waals surface area contributed by atoms with E-state index >= 15 is 0 Å². The van der Waals surface area contributed by atoms with Crippen molar-refractivity contribution in [2.24, 2.45) is 10.9 Å². The van der Waals surface area contributed by atoms with Crippen molar-refractivity contribution in [3.63, 3.8) is 0 Å². The van der Waals surface area contributed by atoms with Gasteiger partial charge in [0.25, 0.3) is 45.0 Å². The molecule has 0 aliphatic carbocycles. The SMILES string of the molecule is C.COc1nc2cc(C)c(C)c(-c3noc(=O)[nH]3)c2nc1OC.COc1nc2cc(C)c(C)c(-c3noc(C(Cl)(Cl)Cl)n3)c2nc1OC.COc1nc2cc(C)c(C)c(/C(N)=N/O)c2nc1OC.Cc1nc(-c2c(C)c(C)cc3[nH]c(=O)c(=O)[nH]c23)no1. The van der Waals surface area contributed by atoms with E-state index in [0.29, 0.717) is 83.9 Å². The quantitative estimate of drug-likeness (QED) is 0.0213. The summed E-state index contributed by atoms with van der Waals surface area (Å²) < 4.78 is 43.9. The van der Waals surface area contributed by atoms with Crippen molar-refractivity contribution in [3.8, 4) is 69.4 Å². The van der Waals surface area contributed by atoms with Crippen LogP contribution in [0, 0.1) is 62.3 Å². The second kappa shape index (κ2) is 26.7. The smallest absolute Gasteiger partial charge is 0.439 e. The molecule has 0 radical (unpaired) electrons. The van der Waals surface area contributed by atoms with E-state index in [1.807, 2.05) is 73.6 Å². The molecule has 0 spiro atoms. The molecule has 0 amide bonds. The molecule has 11 aromatic rings. The summed E-state index contributed by atoms with van der Waals surface area (Å²) in [6, 6.07) is 7.45. The molecule has 0 unspecified atom stereocenters. The Kier molecular flexibility index (Phi) is 19.9. The maximum Gasteiger partial charge on any atom is 0.439 e. The minimum Gasteiger partial charge on any atom is -0.477 e. The van der Waals surface area contributed by atoms with Crippen LogP contribution in [-0.2, 0) is 3.79 Å². The lowest BCUT2D eigenvalue weighted by Gasteiger charge is -2.13. The largest absolute Gasteiger partial charge is 0.477 e. The number of H-pyrrole nitrogens is 3. The fraction of sp³-hybridized carbons (Fsp3) is 0.304. The first-order valence-corrected chi connectivity index (χ1v) is 26.7. The van der Waals surface area contributed by atoms with Crippen LogP contribution in [0.5, 0.6) is 35.3 Å². The van der Waals surface area contributed by atoms with E-state index in [1.54, 1.807) is 13.0 Å². The summed E-state index contributed by atoms with van der Waals surface area (Å²) in [7, 11) is 8.92. The van der Waals surface area contributed by atoms with Crippen molar-refractivity contribution in [1.82, 2.24) is 70.3 Å². The van der Waals surface area contributed by atoms with Gasteiger partial charge in [0.2, 0.25) is 17.5 Å². The zero-order valence-corrected chi connectivity index (χ0v) is 51.5. The van der Waals surface area contributed by atoms with Crippen LogP contribution >= 0.6 is 34.8 Å². The number of benzene rings is 4. The Morgan fingerprint density at radius 3 is 1.39 bits per heavy atom. The molecule has 0 bridgehead atoms. The molecule has 0 aliphatic heterocycles. The number of rotatable bonds is 10. The number of ether oxygens (including phenoxy) is 6. The molecular formula is C56H59Cl3N16O13. The predicted octanol–water partition coefficient (Wildman–Crippen LogP) is 8.93. The Hall–Kier alpha value is -10.0. The first-order chi connectivity index (χ1) is 41.3. The van der Waals surface area contributed by atoms with Crippen LogP contribution in [0.4, 0.5) is 0 Å². The zero-order valence-electron chi connectivity index (χ0n) is 49.2. The lowest BCUT2D eigenvalue weighted by Crippen LogP contribution is -2.29. The highest BCUT2D eigenvalue weighted by Crippen LogP contribution is 2.41. The number of alkyl halides is 3. The van der Waals surface area contributed by atoms with Crippen LogP contribution in [0.1, 0.15) is 69.3 Å². The maximum atomic E-state index is 11.6. The Morgan fingerprint density at radius 1 is 0.511 bits per heavy atom. The topological polar surface area (TPSA) is 394 Å². The lowest BCUT2D eigenvalue weighted by molar-refractivity contribution is 0.318. The molecule has 0 atom stereocenters. The molecule has 88 heavy (non-hydrogen) atoms. The van der Waals surface area contributed by atoms with Gasteiger partial charge in [-0.3, -0.25) is 19.1 Å². The third-order valence-corrected chi connectivity index (χ3v) is 14.1. The zero-order chi connectivity index (χ0) is 63.5. The molecule has 4 aromatic carbocycles. The molecule has 7 heterocycles. The van der Waals surface area contributed by atoms with Gasteiger partial charge in [0.15, 0.2) is 11.7 Å². The monoisotopic (exact) mass is 1270 g/mol. The summed E-state index contributed by atoms with van der Waals surface area (Å²) in [6.45, 7) is 17.0. The average Bonchev–Trinajstić information content (AvgIpc) is 1.23. The van der Waals surface area contributed by atoms with Crippen LogP contribution in [0.15, 0.2) is 57.4 Å². The number of nitrogens with one attached hydrogen (secondary N) is 3. The van der Waals surface area contributed by atoms with Crippen LogP contribution in [0.2, 0.25) is 0 Å². The van der Waals surface area contributed by atoms with E-state index in [0.717, 1.165) is 44.5 Å². The van der Waals surface area contributed by atoms with Crippen LogP contribution in [0.25, 0.3) is 78.3 Å². The number of hydrogen-bond acceptors (Lipinski definition) is 25. The Morgan fingerprint density at radius 2 is 0.932 bits per heavy atom. The standard InChI is InChI=1S/C15H13Cl3N4O3.C14H14N4O4.C13H12N4O3.C13H16N4O3.CH4/c1-6-5-8-10(20-13(24-4)12(19-8)23-3)9(7(6)2)11-21-14(25-22-11)15(16,17)18;1-6-5-8-10(16-13(21-4)12(15-8)20-3)9(7(6)2)11-17-14(19)22-18-11;1-5-4-8-10(16-13(19)12(18)15-8)9(6(5)2)11-14-7(3)20-17-11;1-6-5-8-10(9(7(6)2)11(14)17-18)16-13(20-4)12(15-8)19-3;/h5H,1-4H3;5H,1-4H3,(H,17,18,19);4H,1-3H3,(H,15,18)(H,16,19);5,18H,1-4H3,(H2,14,17);1H4. The number of nitrogens with zero attached hydrogens (tertiary/aromatic N) is 12. The van der Waals surface area contributed by atoms with Gasteiger partial charge in [-0.15, -0.1) is 0 Å². The molecule has 0 fully saturated rings. The molecule has 0 saturated heterocycles. The molecule has 462 valence electrons. The summed E-state index contributed by atoms with van der Waals surface area (Å²) in [5, 5.41) is 23.6. The van der Waals surface area contributed by atoms with Gasteiger partial charge in [0.05, 0.1) is 92.5 Å². The number of nitrogens with two attached hydrogens (primary N) is 1. The van der Waals surface area contributed by atoms with Crippen molar-refractivity contribution in [3.05, 3.63) is 117 Å². The summed E-state index contributed by atoms with van der Waals surface area (Å²) >= 11 is 17.4. The molecule has 32 heteroatoms. The van der Waals surface area contributed by atoms with Gasteiger partial charge in [-0.25, -0.2) is 34.7 Å². The normalized spacial score (nSPS) is 11.3. The van der Waals surface area contributed by atoms with Gasteiger partial charge < -0.3 is 58.4 Å². The Bertz CT molecular complexity index is 4670. The second-order valence-electron chi connectivity index (χ2n) is 18.9. The fourth-order valence-electron chi connectivity index (χ4n) is 8.85. The molecular weight excluding hydrogens is 1210 g/mol. The lowest BCUT2D eigenvalue weighted by atomic mass is 10.0. The van der Waals surface area contributed by atoms with Crippen LogP contribution < -0.4 is 51.0 Å². The summed E-state index contributed by atoms with van der Waals surface area (Å²) in [5.41, 5.74) is 18.7. The number of methoxy groups -OCH3 is 6. The summed E-state index contributed by atoms with van der Waals surface area (Å²) in [6.07, 6.45) is 0. The summed E-state index contributed by atoms with van der Waals surface area (Å²) in [5.74, 6) is 2.19. The van der Waals surface area contributed by atoms with Gasteiger partial charge in [0, 0.05) is 6.92 Å². The van der Waals surface area contributed by atoms with E-state index in [2.05, 4.69) is 80.0 Å². The van der Waals surface area contributed by atoms with E-state index in [4.69, 9.17) is 83.2 Å². The first kappa shape index (κ1) is 65.5. The van der Waals surface area contributed by atoms with E-state index in [9.17, 15) is 14.4 Å². The first-order valence-electron chi connectivity index (χ1n) is 25.5. The van der Waals surface area contributed by atoms with Crippen molar-refractivity contribution < 1.29 is 47.2 Å². The van der Waals surface area contributed by atoms with Gasteiger partial charge in [0.1, 0.15) is 16.6 Å². The molecule has 6 N–H and O–H groups in total. The fourth-order valence-corrected chi connectivity index (χ4v) is 9.08. The van der Waals surface area contributed by atoms with E-state index in [-0.39, 0.29) is 60.3 Å². The molecule has 0 aliphatic rings. The van der Waals surface area contributed by atoms with Gasteiger partial charge in [-0.05, 0) is 124 Å².